The monoisotopic (exact) mass is 301 g/mol. The lowest BCUT2D eigenvalue weighted by molar-refractivity contribution is -0.117. The van der Waals surface area contributed by atoms with Crippen LogP contribution in [0.3, 0.4) is 0 Å². The van der Waals surface area contributed by atoms with E-state index in [1.807, 2.05) is 0 Å². The van der Waals surface area contributed by atoms with Crippen LogP contribution in [0.25, 0.3) is 0 Å². The molecular formula is C10H9F2N5O4. The topological polar surface area (TPSA) is 123 Å². The van der Waals surface area contributed by atoms with Crippen molar-refractivity contribution in [2.24, 2.45) is 0 Å². The van der Waals surface area contributed by atoms with Gasteiger partial charge in [-0.1, -0.05) is 10.4 Å². The number of carbonyl (C=O) groups is 2. The van der Waals surface area contributed by atoms with E-state index in [0.717, 1.165) is 0 Å². The number of hydrogen-bond donors (Lipinski definition) is 2. The summed E-state index contributed by atoms with van der Waals surface area (Å²) in [6.45, 7) is 0.972. The van der Waals surface area contributed by atoms with Crippen LogP contribution in [0.1, 0.15) is 28.4 Å². The largest absolute Gasteiger partial charge is 0.476 e. The lowest BCUT2D eigenvalue weighted by Crippen LogP contribution is -2.21. The first-order valence-electron chi connectivity index (χ1n) is 5.56. The molecular weight excluding hydrogens is 292 g/mol. The average Bonchev–Trinajstić information content (AvgIpc) is 2.95. The summed E-state index contributed by atoms with van der Waals surface area (Å²) in [5.74, 6) is -1.82. The Morgan fingerprint density at radius 3 is 2.76 bits per heavy atom. The van der Waals surface area contributed by atoms with Crippen LogP contribution in [0.2, 0.25) is 0 Å². The molecule has 0 aliphatic heterocycles. The normalized spacial score (nSPS) is 10.9. The second kappa shape index (κ2) is 5.64. The van der Waals surface area contributed by atoms with Gasteiger partial charge < -0.3 is 14.9 Å². The number of anilines is 1. The Balaban J connectivity index is 2.15. The first-order chi connectivity index (χ1) is 9.88. The summed E-state index contributed by atoms with van der Waals surface area (Å²) in [5.41, 5.74) is -1.83. The van der Waals surface area contributed by atoms with Crippen molar-refractivity contribution in [3.63, 3.8) is 0 Å². The van der Waals surface area contributed by atoms with E-state index in [0.29, 0.717) is 10.4 Å². The maximum absolute atomic E-state index is 12.8. The Kier molecular flexibility index (Phi) is 3.91. The molecule has 0 aliphatic rings. The van der Waals surface area contributed by atoms with E-state index < -0.39 is 36.2 Å². The van der Waals surface area contributed by atoms with Crippen LogP contribution in [0.15, 0.2) is 10.6 Å². The third-order valence-electron chi connectivity index (χ3n) is 2.37. The summed E-state index contributed by atoms with van der Waals surface area (Å²) < 4.78 is 30.9. The van der Waals surface area contributed by atoms with E-state index in [2.05, 4.69) is 20.8 Å². The van der Waals surface area contributed by atoms with Gasteiger partial charge in [0, 0.05) is 6.07 Å². The third kappa shape index (κ3) is 3.19. The summed E-state index contributed by atoms with van der Waals surface area (Å²) in [4.78, 5) is 22.4. The van der Waals surface area contributed by atoms with E-state index in [4.69, 9.17) is 9.63 Å². The molecule has 1 amide bonds. The molecule has 0 bridgehead atoms. The Morgan fingerprint density at radius 2 is 2.24 bits per heavy atom. The van der Waals surface area contributed by atoms with E-state index in [1.54, 1.807) is 6.92 Å². The maximum Gasteiger partial charge on any atom is 0.358 e. The number of amides is 1. The van der Waals surface area contributed by atoms with Crippen LogP contribution in [0.5, 0.6) is 0 Å². The predicted octanol–water partition coefficient (Wildman–Crippen LogP) is 0.849. The number of rotatable bonds is 5. The molecule has 112 valence electrons. The van der Waals surface area contributed by atoms with Crippen LogP contribution in [-0.4, -0.2) is 37.1 Å². The van der Waals surface area contributed by atoms with E-state index in [1.165, 1.54) is 6.07 Å². The number of aromatic carboxylic acids is 1. The van der Waals surface area contributed by atoms with Crippen molar-refractivity contribution >= 4 is 17.7 Å². The molecule has 0 atom stereocenters. The van der Waals surface area contributed by atoms with Crippen molar-refractivity contribution in [1.29, 1.82) is 0 Å². The van der Waals surface area contributed by atoms with Gasteiger partial charge in [0.1, 0.15) is 18.0 Å². The predicted molar refractivity (Wildman–Crippen MR) is 61.8 cm³/mol. The highest BCUT2D eigenvalue weighted by Crippen LogP contribution is 2.21. The third-order valence-corrected chi connectivity index (χ3v) is 2.37. The summed E-state index contributed by atoms with van der Waals surface area (Å²) >= 11 is 0. The number of hydrogen-bond acceptors (Lipinski definition) is 6. The molecule has 9 nitrogen and oxygen atoms in total. The van der Waals surface area contributed by atoms with Gasteiger partial charge in [-0.05, 0) is 6.92 Å². The molecule has 0 saturated carbocycles. The van der Waals surface area contributed by atoms with Crippen LogP contribution in [0.4, 0.5) is 14.6 Å². The molecule has 2 heterocycles. The number of alkyl halides is 2. The van der Waals surface area contributed by atoms with Gasteiger partial charge >= 0.3 is 5.97 Å². The standard InChI is InChI=1S/C10H9F2N5O4/c1-4-2-5(15-21-4)13-6(18)3-17-8(9(11)12)7(10(19)20)14-16-17/h2,9H,3H2,1H3,(H,19,20)(H,13,15,18). The SMILES string of the molecule is Cc1cc(NC(=O)Cn2nnc(C(=O)O)c2C(F)F)no1. The highest BCUT2D eigenvalue weighted by Gasteiger charge is 2.27. The molecule has 0 unspecified atom stereocenters. The van der Waals surface area contributed by atoms with Gasteiger partial charge in [-0.15, -0.1) is 5.10 Å². The highest BCUT2D eigenvalue weighted by atomic mass is 19.3. The Bertz CT molecular complexity index is 681. The molecule has 0 spiro atoms. The number of carboxylic acids is 1. The van der Waals surface area contributed by atoms with Gasteiger partial charge in [0.2, 0.25) is 5.91 Å². The van der Waals surface area contributed by atoms with Crippen LogP contribution in [-0.2, 0) is 11.3 Å². The quantitative estimate of drug-likeness (QED) is 0.839. The molecule has 0 fully saturated rings. The Labute approximate surface area is 115 Å². The summed E-state index contributed by atoms with van der Waals surface area (Å²) in [5, 5.41) is 20.9. The minimum Gasteiger partial charge on any atom is -0.476 e. The zero-order valence-corrected chi connectivity index (χ0v) is 10.6. The van der Waals surface area contributed by atoms with Gasteiger partial charge in [0.05, 0.1) is 0 Å². The number of nitrogens with one attached hydrogen (secondary N) is 1. The lowest BCUT2D eigenvalue weighted by Gasteiger charge is -2.05. The van der Waals surface area contributed by atoms with Gasteiger partial charge in [-0.3, -0.25) is 4.79 Å². The van der Waals surface area contributed by atoms with Crippen molar-refractivity contribution in [3.05, 3.63) is 23.2 Å². The number of aryl methyl sites for hydroxylation is 1. The van der Waals surface area contributed by atoms with E-state index in [-0.39, 0.29) is 5.82 Å². The van der Waals surface area contributed by atoms with Gasteiger partial charge in [-0.2, -0.15) is 0 Å². The Hall–Kier alpha value is -2.85. The molecule has 0 aliphatic carbocycles. The molecule has 2 aromatic heterocycles. The first kappa shape index (κ1) is 14.6. The minimum absolute atomic E-state index is 0.106. The summed E-state index contributed by atoms with van der Waals surface area (Å²) in [6.07, 6.45) is -3.13. The minimum atomic E-state index is -3.13. The number of nitrogens with zero attached hydrogens (tertiary/aromatic N) is 4. The maximum atomic E-state index is 12.8. The number of halogens is 2. The average molecular weight is 301 g/mol. The molecule has 2 N–H and O–H groups in total. The van der Waals surface area contributed by atoms with Crippen molar-refractivity contribution in [1.82, 2.24) is 20.2 Å². The van der Waals surface area contributed by atoms with Crippen molar-refractivity contribution in [2.45, 2.75) is 19.9 Å². The van der Waals surface area contributed by atoms with Gasteiger partial charge in [0.25, 0.3) is 6.43 Å². The second-order valence-electron chi connectivity index (χ2n) is 3.96. The van der Waals surface area contributed by atoms with Crippen molar-refractivity contribution < 1.29 is 28.0 Å². The fraction of sp³-hybridized carbons (Fsp3) is 0.300. The van der Waals surface area contributed by atoms with Crippen LogP contribution < -0.4 is 5.32 Å². The summed E-state index contributed by atoms with van der Waals surface area (Å²) in [6, 6.07) is 1.43. The molecule has 11 heteroatoms. The fourth-order valence-corrected chi connectivity index (χ4v) is 1.55. The zero-order valence-electron chi connectivity index (χ0n) is 10.6. The second-order valence-corrected chi connectivity index (χ2v) is 3.96. The van der Waals surface area contributed by atoms with Crippen LogP contribution >= 0.6 is 0 Å². The molecule has 0 radical (unpaired) electrons. The van der Waals surface area contributed by atoms with Gasteiger partial charge in [-0.25, -0.2) is 18.3 Å². The number of carbonyl (C=O) groups excluding carboxylic acids is 1. The molecule has 2 rings (SSSR count). The number of carboxylic acid groups (broad SMARTS) is 1. The number of aromatic nitrogens is 4. The van der Waals surface area contributed by atoms with E-state index >= 15 is 0 Å². The van der Waals surface area contributed by atoms with Crippen molar-refractivity contribution in [2.75, 3.05) is 5.32 Å². The molecule has 0 saturated heterocycles. The molecule has 21 heavy (non-hydrogen) atoms. The van der Waals surface area contributed by atoms with Crippen molar-refractivity contribution in [3.8, 4) is 0 Å². The molecule has 0 aromatic carbocycles. The molecule has 2 aromatic rings. The van der Waals surface area contributed by atoms with Gasteiger partial charge in [0.15, 0.2) is 11.5 Å². The summed E-state index contributed by atoms with van der Waals surface area (Å²) in [7, 11) is 0. The first-order valence-corrected chi connectivity index (χ1v) is 5.56. The fourth-order valence-electron chi connectivity index (χ4n) is 1.55. The van der Waals surface area contributed by atoms with E-state index in [9.17, 15) is 18.4 Å². The van der Waals surface area contributed by atoms with Crippen LogP contribution in [0, 0.1) is 6.92 Å². The lowest BCUT2D eigenvalue weighted by atomic mass is 10.3. The Morgan fingerprint density at radius 1 is 1.52 bits per heavy atom. The smallest absolute Gasteiger partial charge is 0.358 e. The zero-order chi connectivity index (χ0) is 15.6. The highest BCUT2D eigenvalue weighted by molar-refractivity contribution is 5.90.